The quantitative estimate of drug-likeness (QED) is 0.683. The molecule has 0 bridgehead atoms. The average molecular weight is 382 g/mol. The number of anilines is 1. The molecule has 1 aromatic carbocycles. The SMILES string of the molecule is NC(=O)c1cncc(NC(=O)C(=O)N2C[C@@H](CO)CC[C@H]2c2ccccc2)c1. The number of nitrogens with zero attached hydrogens (tertiary/aromatic N) is 2. The lowest BCUT2D eigenvalue weighted by Crippen LogP contribution is -2.47. The minimum Gasteiger partial charge on any atom is -0.396 e. The van der Waals surface area contributed by atoms with Crippen LogP contribution in [-0.4, -0.2) is 45.9 Å². The minimum atomic E-state index is -0.831. The monoisotopic (exact) mass is 382 g/mol. The Kier molecular flexibility index (Phi) is 6.00. The molecule has 8 nitrogen and oxygen atoms in total. The standard InChI is InChI=1S/C20H22N4O4/c21-18(26)15-8-16(10-22-9-15)23-19(27)20(28)24-11-13(12-25)6-7-17(24)14-4-2-1-3-5-14/h1-5,8-10,13,17,25H,6-7,11-12H2,(H2,21,26)(H,23,27)/t13-,17-/m0/s1. The summed E-state index contributed by atoms with van der Waals surface area (Å²) in [5.74, 6) is -2.28. The average Bonchev–Trinajstić information content (AvgIpc) is 2.73. The van der Waals surface area contributed by atoms with E-state index in [2.05, 4.69) is 10.3 Å². The lowest BCUT2D eigenvalue weighted by Gasteiger charge is -2.39. The van der Waals surface area contributed by atoms with Gasteiger partial charge in [0.15, 0.2) is 0 Å². The van der Waals surface area contributed by atoms with Crippen molar-refractivity contribution in [3.05, 3.63) is 59.9 Å². The number of nitrogens with two attached hydrogens (primary N) is 1. The summed E-state index contributed by atoms with van der Waals surface area (Å²) in [5.41, 5.74) is 6.50. The van der Waals surface area contributed by atoms with Crippen molar-refractivity contribution in [3.8, 4) is 0 Å². The van der Waals surface area contributed by atoms with E-state index in [9.17, 15) is 19.5 Å². The van der Waals surface area contributed by atoms with E-state index in [0.29, 0.717) is 13.0 Å². The Labute approximate surface area is 162 Å². The first-order valence-electron chi connectivity index (χ1n) is 9.02. The number of hydrogen-bond donors (Lipinski definition) is 3. The third kappa shape index (κ3) is 4.34. The van der Waals surface area contributed by atoms with E-state index in [1.165, 1.54) is 23.4 Å². The first kappa shape index (κ1) is 19.5. The molecular weight excluding hydrogens is 360 g/mol. The van der Waals surface area contributed by atoms with Gasteiger partial charge in [-0.05, 0) is 30.4 Å². The molecule has 2 atom stereocenters. The highest BCUT2D eigenvalue weighted by molar-refractivity contribution is 6.39. The fourth-order valence-corrected chi connectivity index (χ4v) is 3.40. The van der Waals surface area contributed by atoms with Gasteiger partial charge in [0.2, 0.25) is 5.91 Å². The molecule has 0 radical (unpaired) electrons. The molecule has 0 aliphatic carbocycles. The number of nitrogens with one attached hydrogen (secondary N) is 1. The zero-order valence-corrected chi connectivity index (χ0v) is 15.2. The van der Waals surface area contributed by atoms with Gasteiger partial charge in [0.05, 0.1) is 23.5 Å². The summed E-state index contributed by atoms with van der Waals surface area (Å²) >= 11 is 0. The van der Waals surface area contributed by atoms with Crippen LogP contribution in [-0.2, 0) is 9.59 Å². The van der Waals surface area contributed by atoms with Crippen molar-refractivity contribution >= 4 is 23.4 Å². The summed E-state index contributed by atoms with van der Waals surface area (Å²) in [6, 6.07) is 10.6. The number of rotatable bonds is 4. The van der Waals surface area contributed by atoms with Crippen molar-refractivity contribution < 1.29 is 19.5 Å². The Morgan fingerprint density at radius 1 is 1.18 bits per heavy atom. The van der Waals surface area contributed by atoms with Crippen molar-refractivity contribution in [2.24, 2.45) is 11.7 Å². The van der Waals surface area contributed by atoms with Crippen molar-refractivity contribution in [2.45, 2.75) is 18.9 Å². The second-order valence-corrected chi connectivity index (χ2v) is 6.79. The summed E-state index contributed by atoms with van der Waals surface area (Å²) < 4.78 is 0. The maximum absolute atomic E-state index is 12.9. The Bertz CT molecular complexity index is 872. The number of hydrogen-bond acceptors (Lipinski definition) is 5. The maximum atomic E-state index is 12.9. The van der Waals surface area contributed by atoms with Gasteiger partial charge in [-0.15, -0.1) is 0 Å². The number of pyridine rings is 1. The van der Waals surface area contributed by atoms with Crippen molar-refractivity contribution in [1.82, 2.24) is 9.88 Å². The van der Waals surface area contributed by atoms with Crippen LogP contribution in [0.25, 0.3) is 0 Å². The number of amides is 3. The molecule has 0 saturated carbocycles. The summed E-state index contributed by atoms with van der Waals surface area (Å²) in [6.45, 7) is 0.249. The van der Waals surface area contributed by atoms with Crippen molar-refractivity contribution in [2.75, 3.05) is 18.5 Å². The Hall–Kier alpha value is -3.26. The largest absolute Gasteiger partial charge is 0.396 e. The van der Waals surface area contributed by atoms with Crippen LogP contribution in [0.4, 0.5) is 5.69 Å². The van der Waals surface area contributed by atoms with Crippen LogP contribution >= 0.6 is 0 Å². The number of aliphatic hydroxyl groups excluding tert-OH is 1. The van der Waals surface area contributed by atoms with Gasteiger partial charge in [0.1, 0.15) is 0 Å². The predicted molar refractivity (Wildman–Crippen MR) is 102 cm³/mol. The van der Waals surface area contributed by atoms with Gasteiger partial charge >= 0.3 is 11.8 Å². The molecule has 4 N–H and O–H groups in total. The molecule has 8 heteroatoms. The van der Waals surface area contributed by atoms with E-state index < -0.39 is 17.7 Å². The minimum absolute atomic E-state index is 0.0442. The zero-order valence-electron chi connectivity index (χ0n) is 15.2. The molecule has 1 fully saturated rings. The second-order valence-electron chi connectivity index (χ2n) is 6.79. The Morgan fingerprint density at radius 2 is 1.93 bits per heavy atom. The number of carbonyl (C=O) groups excluding carboxylic acids is 3. The summed E-state index contributed by atoms with van der Waals surface area (Å²) in [6.07, 6.45) is 4.04. The van der Waals surface area contributed by atoms with E-state index in [4.69, 9.17) is 5.73 Å². The molecule has 3 amide bonds. The normalized spacial score (nSPS) is 19.1. The van der Waals surface area contributed by atoms with Gasteiger partial charge in [0.25, 0.3) is 0 Å². The maximum Gasteiger partial charge on any atom is 0.313 e. The van der Waals surface area contributed by atoms with Crippen molar-refractivity contribution in [1.29, 1.82) is 0 Å². The third-order valence-electron chi connectivity index (χ3n) is 4.86. The number of carbonyl (C=O) groups is 3. The van der Waals surface area contributed by atoms with E-state index in [1.54, 1.807) is 0 Å². The molecule has 1 saturated heterocycles. The fourth-order valence-electron chi connectivity index (χ4n) is 3.40. The Morgan fingerprint density at radius 3 is 2.61 bits per heavy atom. The van der Waals surface area contributed by atoms with Gasteiger partial charge < -0.3 is 21.1 Å². The predicted octanol–water partition coefficient (Wildman–Crippen LogP) is 1.09. The van der Waals surface area contributed by atoms with Crippen LogP contribution in [0, 0.1) is 5.92 Å². The van der Waals surface area contributed by atoms with E-state index in [1.807, 2.05) is 30.3 Å². The van der Waals surface area contributed by atoms with E-state index in [-0.39, 0.29) is 29.8 Å². The lowest BCUT2D eigenvalue weighted by atomic mass is 9.89. The number of aliphatic hydroxyl groups is 1. The van der Waals surface area contributed by atoms with Crippen molar-refractivity contribution in [3.63, 3.8) is 0 Å². The Balaban J connectivity index is 1.79. The number of piperidine rings is 1. The van der Waals surface area contributed by atoms with Crippen LogP contribution in [0.2, 0.25) is 0 Å². The van der Waals surface area contributed by atoms with E-state index in [0.717, 1.165) is 12.0 Å². The lowest BCUT2D eigenvalue weighted by molar-refractivity contribution is -0.147. The molecule has 0 spiro atoms. The summed E-state index contributed by atoms with van der Waals surface area (Å²) in [7, 11) is 0. The second kappa shape index (κ2) is 8.62. The first-order chi connectivity index (χ1) is 13.5. The molecule has 146 valence electrons. The molecule has 28 heavy (non-hydrogen) atoms. The molecule has 0 unspecified atom stereocenters. The molecule has 3 rings (SSSR count). The topological polar surface area (TPSA) is 126 Å². The van der Waals surface area contributed by atoms with Crippen LogP contribution in [0.5, 0.6) is 0 Å². The molecule has 1 aliphatic rings. The highest BCUT2D eigenvalue weighted by Crippen LogP contribution is 2.33. The van der Waals surface area contributed by atoms with Gasteiger partial charge in [-0.25, -0.2) is 0 Å². The van der Waals surface area contributed by atoms with Crippen LogP contribution < -0.4 is 11.1 Å². The first-order valence-corrected chi connectivity index (χ1v) is 9.02. The number of likely N-dealkylation sites (tertiary alicyclic amines) is 1. The summed E-state index contributed by atoms with van der Waals surface area (Å²) in [4.78, 5) is 42.0. The smallest absolute Gasteiger partial charge is 0.313 e. The molecule has 1 aliphatic heterocycles. The van der Waals surface area contributed by atoms with Crippen LogP contribution in [0.1, 0.15) is 34.8 Å². The molecule has 2 aromatic rings. The molecule has 1 aromatic heterocycles. The van der Waals surface area contributed by atoms with Gasteiger partial charge in [0, 0.05) is 19.3 Å². The zero-order chi connectivity index (χ0) is 20.1. The number of primary amides is 1. The van der Waals surface area contributed by atoms with Crippen LogP contribution in [0.15, 0.2) is 48.8 Å². The summed E-state index contributed by atoms with van der Waals surface area (Å²) in [5, 5.41) is 12.0. The van der Waals surface area contributed by atoms with E-state index >= 15 is 0 Å². The van der Waals surface area contributed by atoms with Gasteiger partial charge in [-0.3, -0.25) is 19.4 Å². The number of aromatic nitrogens is 1. The van der Waals surface area contributed by atoms with Crippen LogP contribution in [0.3, 0.4) is 0 Å². The highest BCUT2D eigenvalue weighted by Gasteiger charge is 2.35. The fraction of sp³-hybridized carbons (Fsp3) is 0.300. The van der Waals surface area contributed by atoms with Gasteiger partial charge in [-0.2, -0.15) is 0 Å². The molecule has 2 heterocycles. The molecular formula is C20H22N4O4. The number of benzene rings is 1. The van der Waals surface area contributed by atoms with Gasteiger partial charge in [-0.1, -0.05) is 30.3 Å². The highest BCUT2D eigenvalue weighted by atomic mass is 16.3. The third-order valence-corrected chi connectivity index (χ3v) is 4.86.